The SMILES string of the molecule is CCOc1ccc(Cc2cccc(C3CN(C(=O)c4ccccn4)CCO3)n2)cc1. The highest BCUT2D eigenvalue weighted by molar-refractivity contribution is 5.92. The van der Waals surface area contributed by atoms with Crippen molar-refractivity contribution in [1.82, 2.24) is 14.9 Å². The second-order valence-corrected chi connectivity index (χ2v) is 7.13. The summed E-state index contributed by atoms with van der Waals surface area (Å²) in [5, 5.41) is 0. The lowest BCUT2D eigenvalue weighted by molar-refractivity contribution is -0.0249. The molecule has 3 aromatic rings. The number of nitrogens with zero attached hydrogens (tertiary/aromatic N) is 3. The van der Waals surface area contributed by atoms with Gasteiger partial charge in [0.25, 0.3) is 5.91 Å². The summed E-state index contributed by atoms with van der Waals surface area (Å²) in [5.41, 5.74) is 3.43. The van der Waals surface area contributed by atoms with Gasteiger partial charge in [0.15, 0.2) is 0 Å². The van der Waals surface area contributed by atoms with Gasteiger partial charge in [-0.2, -0.15) is 0 Å². The first-order valence-electron chi connectivity index (χ1n) is 10.2. The molecule has 0 radical (unpaired) electrons. The molecule has 2 aromatic heterocycles. The van der Waals surface area contributed by atoms with Crippen LogP contribution < -0.4 is 4.74 Å². The van der Waals surface area contributed by atoms with E-state index in [1.807, 2.05) is 43.3 Å². The van der Waals surface area contributed by atoms with Crippen molar-refractivity contribution in [3.8, 4) is 5.75 Å². The molecule has 0 saturated carbocycles. The summed E-state index contributed by atoms with van der Waals surface area (Å²) in [6, 6.07) is 19.4. The number of hydrogen-bond acceptors (Lipinski definition) is 5. The van der Waals surface area contributed by atoms with Gasteiger partial charge in [0.2, 0.25) is 0 Å². The third-order valence-corrected chi connectivity index (χ3v) is 5.02. The molecular formula is C24H25N3O3. The van der Waals surface area contributed by atoms with Crippen molar-refractivity contribution in [2.75, 3.05) is 26.3 Å². The topological polar surface area (TPSA) is 64.5 Å². The van der Waals surface area contributed by atoms with Crippen molar-refractivity contribution < 1.29 is 14.3 Å². The standard InChI is InChI=1S/C24H25N3O3/c1-2-29-20-11-9-18(10-12-20)16-19-6-5-8-21(26-19)23-17-27(14-15-30-23)24(28)22-7-3-4-13-25-22/h3-13,23H,2,14-17H2,1H3. The molecule has 1 aromatic carbocycles. The number of benzene rings is 1. The van der Waals surface area contributed by atoms with Gasteiger partial charge in [0.1, 0.15) is 17.5 Å². The van der Waals surface area contributed by atoms with E-state index in [1.54, 1.807) is 23.2 Å². The van der Waals surface area contributed by atoms with Crippen LogP contribution in [0.4, 0.5) is 0 Å². The summed E-state index contributed by atoms with van der Waals surface area (Å²) in [4.78, 5) is 23.5. The van der Waals surface area contributed by atoms with Crippen LogP contribution in [0.15, 0.2) is 66.9 Å². The number of amides is 1. The van der Waals surface area contributed by atoms with E-state index < -0.39 is 0 Å². The maximum absolute atomic E-state index is 12.7. The van der Waals surface area contributed by atoms with E-state index in [4.69, 9.17) is 14.5 Å². The third-order valence-electron chi connectivity index (χ3n) is 5.02. The largest absolute Gasteiger partial charge is 0.494 e. The van der Waals surface area contributed by atoms with Gasteiger partial charge in [-0.1, -0.05) is 24.3 Å². The van der Waals surface area contributed by atoms with Gasteiger partial charge in [-0.25, -0.2) is 0 Å². The van der Waals surface area contributed by atoms with Crippen LogP contribution >= 0.6 is 0 Å². The second-order valence-electron chi connectivity index (χ2n) is 7.13. The second kappa shape index (κ2) is 9.50. The number of hydrogen-bond donors (Lipinski definition) is 0. The average Bonchev–Trinajstić information content (AvgIpc) is 2.81. The van der Waals surface area contributed by atoms with Crippen LogP contribution in [0, 0.1) is 0 Å². The van der Waals surface area contributed by atoms with Gasteiger partial charge in [-0.3, -0.25) is 14.8 Å². The quantitative estimate of drug-likeness (QED) is 0.628. The smallest absolute Gasteiger partial charge is 0.272 e. The molecule has 6 nitrogen and oxygen atoms in total. The molecule has 1 unspecified atom stereocenters. The molecule has 1 fully saturated rings. The van der Waals surface area contributed by atoms with Gasteiger partial charge in [-0.05, 0) is 48.9 Å². The van der Waals surface area contributed by atoms with Crippen LogP contribution in [0.1, 0.15) is 40.5 Å². The molecule has 30 heavy (non-hydrogen) atoms. The molecule has 3 heterocycles. The van der Waals surface area contributed by atoms with Gasteiger partial charge in [0.05, 0.1) is 25.5 Å². The van der Waals surface area contributed by atoms with Crippen molar-refractivity contribution in [3.63, 3.8) is 0 Å². The molecule has 0 aliphatic carbocycles. The number of carbonyl (C=O) groups is 1. The zero-order valence-corrected chi connectivity index (χ0v) is 17.0. The molecule has 1 atom stereocenters. The number of aromatic nitrogens is 2. The van der Waals surface area contributed by atoms with E-state index in [-0.39, 0.29) is 12.0 Å². The molecule has 4 rings (SSSR count). The summed E-state index contributed by atoms with van der Waals surface area (Å²) in [7, 11) is 0. The first-order chi connectivity index (χ1) is 14.7. The van der Waals surface area contributed by atoms with E-state index in [9.17, 15) is 4.79 Å². The molecule has 1 aliphatic heterocycles. The summed E-state index contributed by atoms with van der Waals surface area (Å²) >= 11 is 0. The van der Waals surface area contributed by atoms with E-state index in [2.05, 4.69) is 17.1 Å². The zero-order valence-electron chi connectivity index (χ0n) is 17.0. The molecule has 154 valence electrons. The maximum atomic E-state index is 12.7. The lowest BCUT2D eigenvalue weighted by Crippen LogP contribution is -2.42. The van der Waals surface area contributed by atoms with Gasteiger partial charge >= 0.3 is 0 Å². The Morgan fingerprint density at radius 1 is 1.13 bits per heavy atom. The number of ether oxygens (including phenoxy) is 2. The fourth-order valence-corrected chi connectivity index (χ4v) is 3.52. The van der Waals surface area contributed by atoms with Crippen LogP contribution in [0.2, 0.25) is 0 Å². The first-order valence-corrected chi connectivity index (χ1v) is 10.2. The van der Waals surface area contributed by atoms with E-state index >= 15 is 0 Å². The molecule has 1 aliphatic rings. The Morgan fingerprint density at radius 2 is 2.00 bits per heavy atom. The van der Waals surface area contributed by atoms with Crippen molar-refractivity contribution in [3.05, 3.63) is 89.5 Å². The molecule has 1 saturated heterocycles. The Morgan fingerprint density at radius 3 is 2.77 bits per heavy atom. The van der Waals surface area contributed by atoms with Crippen LogP contribution in [0.3, 0.4) is 0 Å². The average molecular weight is 403 g/mol. The van der Waals surface area contributed by atoms with Crippen molar-refractivity contribution in [2.45, 2.75) is 19.4 Å². The normalized spacial score (nSPS) is 16.3. The minimum absolute atomic E-state index is 0.0746. The number of rotatable bonds is 6. The minimum atomic E-state index is -0.244. The van der Waals surface area contributed by atoms with Gasteiger partial charge < -0.3 is 14.4 Å². The fourth-order valence-electron chi connectivity index (χ4n) is 3.52. The van der Waals surface area contributed by atoms with E-state index in [0.29, 0.717) is 32.0 Å². The highest BCUT2D eigenvalue weighted by Crippen LogP contribution is 2.23. The number of carbonyl (C=O) groups excluding carboxylic acids is 1. The van der Waals surface area contributed by atoms with Crippen molar-refractivity contribution in [1.29, 1.82) is 0 Å². The molecule has 0 spiro atoms. The Balaban J connectivity index is 1.44. The summed E-state index contributed by atoms with van der Waals surface area (Å²) in [6.07, 6.45) is 2.12. The monoisotopic (exact) mass is 403 g/mol. The zero-order chi connectivity index (χ0) is 20.8. The maximum Gasteiger partial charge on any atom is 0.272 e. The number of morpholine rings is 1. The van der Waals surface area contributed by atoms with Crippen molar-refractivity contribution >= 4 is 5.91 Å². The summed E-state index contributed by atoms with van der Waals surface area (Å²) in [6.45, 7) is 4.13. The molecule has 0 bridgehead atoms. The van der Waals surface area contributed by atoms with Crippen LogP contribution in [0.5, 0.6) is 5.75 Å². The Bertz CT molecular complexity index is 977. The van der Waals surface area contributed by atoms with Crippen LogP contribution in [0.25, 0.3) is 0 Å². The Hall–Kier alpha value is -3.25. The summed E-state index contributed by atoms with van der Waals surface area (Å²) in [5.74, 6) is 0.797. The van der Waals surface area contributed by atoms with Crippen LogP contribution in [-0.2, 0) is 11.2 Å². The van der Waals surface area contributed by atoms with Gasteiger partial charge in [0, 0.05) is 24.9 Å². The molecule has 6 heteroatoms. The molecule has 0 N–H and O–H groups in total. The van der Waals surface area contributed by atoms with Crippen molar-refractivity contribution in [2.24, 2.45) is 0 Å². The fraction of sp³-hybridized carbons (Fsp3) is 0.292. The lowest BCUT2D eigenvalue weighted by atomic mass is 10.1. The third kappa shape index (κ3) is 4.83. The van der Waals surface area contributed by atoms with E-state index in [0.717, 1.165) is 23.6 Å². The number of pyridine rings is 2. The minimum Gasteiger partial charge on any atom is -0.494 e. The highest BCUT2D eigenvalue weighted by Gasteiger charge is 2.27. The van der Waals surface area contributed by atoms with Crippen LogP contribution in [-0.4, -0.2) is 47.1 Å². The predicted molar refractivity (Wildman–Crippen MR) is 113 cm³/mol. The van der Waals surface area contributed by atoms with Gasteiger partial charge in [-0.15, -0.1) is 0 Å². The molecule has 1 amide bonds. The Labute approximate surface area is 176 Å². The Kier molecular flexibility index (Phi) is 6.35. The summed E-state index contributed by atoms with van der Waals surface area (Å²) < 4.78 is 11.4. The van der Waals surface area contributed by atoms with E-state index in [1.165, 1.54) is 5.56 Å². The first kappa shape index (κ1) is 20.0. The molecular weight excluding hydrogens is 378 g/mol. The predicted octanol–water partition coefficient (Wildman–Crippen LogP) is 3.68. The lowest BCUT2D eigenvalue weighted by Gasteiger charge is -2.32. The highest BCUT2D eigenvalue weighted by atomic mass is 16.5.